The van der Waals surface area contributed by atoms with Crippen LogP contribution in [0.3, 0.4) is 0 Å². The number of amides is 1. The molecule has 3 N–H and O–H groups in total. The van der Waals surface area contributed by atoms with Gasteiger partial charge in [-0.2, -0.15) is 0 Å². The quantitative estimate of drug-likeness (QED) is 0.207. The summed E-state index contributed by atoms with van der Waals surface area (Å²) in [6.45, 7) is 0. The van der Waals surface area contributed by atoms with Crippen LogP contribution in [0, 0.1) is 10.1 Å². The van der Waals surface area contributed by atoms with Crippen LogP contribution in [-0.4, -0.2) is 31.8 Å². The van der Waals surface area contributed by atoms with Crippen LogP contribution in [0.2, 0.25) is 5.02 Å². The molecule has 7 nitrogen and oxygen atoms in total. The fourth-order valence-corrected chi connectivity index (χ4v) is 2.26. The summed E-state index contributed by atoms with van der Waals surface area (Å²) in [7, 11) is 0. The number of carbonyl (C=O) groups excluding carboxylic acids is 1. The third-order valence-electron chi connectivity index (χ3n) is 2.44. The minimum atomic E-state index is -1.92. The molecule has 1 atom stereocenters. The highest BCUT2D eigenvalue weighted by Gasteiger charge is 2.34. The van der Waals surface area contributed by atoms with Crippen LogP contribution in [0.5, 0.6) is 0 Å². The van der Waals surface area contributed by atoms with Crippen molar-refractivity contribution in [1.82, 2.24) is 10.6 Å². The van der Waals surface area contributed by atoms with Gasteiger partial charge in [0.25, 0.3) is 5.69 Å². The number of non-ortho nitro benzene ring substituents is 1. The predicted molar refractivity (Wildman–Crippen MR) is 100 cm³/mol. The van der Waals surface area contributed by atoms with Crippen molar-refractivity contribution < 1.29 is 9.72 Å². The summed E-state index contributed by atoms with van der Waals surface area (Å²) in [6.07, 6.45) is -1.18. The van der Waals surface area contributed by atoms with E-state index in [0.717, 1.165) is 6.07 Å². The molecule has 0 aromatic heterocycles. The minimum Gasteiger partial charge on any atom is -0.339 e. The fraction of sp³-hybridized carbons (Fsp3) is 0.273. The number of rotatable bonds is 5. The van der Waals surface area contributed by atoms with Gasteiger partial charge in [-0.05, 0) is 18.3 Å². The molecule has 0 saturated carbocycles. The molecular formula is C11H9Cl5N4O3S. The van der Waals surface area contributed by atoms with Crippen molar-refractivity contribution in [3.63, 3.8) is 0 Å². The molecule has 1 aromatic rings. The molecule has 24 heavy (non-hydrogen) atoms. The summed E-state index contributed by atoms with van der Waals surface area (Å²) in [6, 6.07) is 3.74. The molecule has 0 radical (unpaired) electrons. The van der Waals surface area contributed by atoms with E-state index in [1.165, 1.54) is 12.1 Å². The number of nitrogens with zero attached hydrogens (tertiary/aromatic N) is 1. The Labute approximate surface area is 167 Å². The Morgan fingerprint density at radius 3 is 2.42 bits per heavy atom. The van der Waals surface area contributed by atoms with E-state index in [1.54, 1.807) is 0 Å². The second-order valence-corrected chi connectivity index (χ2v) is 7.65. The molecule has 0 unspecified atom stereocenters. The number of thiocarbonyl (C=S) groups is 1. The average molecular weight is 455 g/mol. The maximum atomic E-state index is 11.4. The van der Waals surface area contributed by atoms with E-state index in [-0.39, 0.29) is 27.4 Å². The lowest BCUT2D eigenvalue weighted by molar-refractivity contribution is -0.384. The highest BCUT2D eigenvalue weighted by molar-refractivity contribution is 7.80. The van der Waals surface area contributed by atoms with Crippen molar-refractivity contribution in [2.24, 2.45) is 0 Å². The zero-order valence-corrected chi connectivity index (χ0v) is 16.1. The molecule has 1 rings (SSSR count). The number of halogens is 5. The summed E-state index contributed by atoms with van der Waals surface area (Å²) in [5, 5.41) is 18.3. The number of anilines is 1. The third-order valence-corrected chi connectivity index (χ3v) is 3.87. The first-order valence-corrected chi connectivity index (χ1v) is 8.43. The monoisotopic (exact) mass is 452 g/mol. The maximum absolute atomic E-state index is 11.4. The van der Waals surface area contributed by atoms with Gasteiger partial charge >= 0.3 is 0 Å². The zero-order valence-electron chi connectivity index (χ0n) is 11.5. The van der Waals surface area contributed by atoms with Gasteiger partial charge in [0.1, 0.15) is 12.0 Å². The van der Waals surface area contributed by atoms with Gasteiger partial charge in [0.15, 0.2) is 5.11 Å². The number of nitro groups is 1. The molecule has 0 saturated heterocycles. The van der Waals surface area contributed by atoms with Gasteiger partial charge in [0, 0.05) is 12.1 Å². The molecule has 1 amide bonds. The molecule has 0 bridgehead atoms. The SMILES string of the molecule is O=C(CCl)N[C@@H](NC(=S)Nc1ccc([N+](=O)[O-])cc1Cl)C(Cl)(Cl)Cl. The average Bonchev–Trinajstić information content (AvgIpc) is 2.47. The first kappa shape index (κ1) is 21.3. The van der Waals surface area contributed by atoms with Crippen LogP contribution in [-0.2, 0) is 4.79 Å². The summed E-state index contributed by atoms with van der Waals surface area (Å²) in [5.41, 5.74) is 0.101. The molecular weight excluding hydrogens is 445 g/mol. The molecule has 0 heterocycles. The minimum absolute atomic E-state index is 0.0445. The molecule has 1 aromatic carbocycles. The Morgan fingerprint density at radius 1 is 1.33 bits per heavy atom. The van der Waals surface area contributed by atoms with Crippen molar-refractivity contribution in [3.05, 3.63) is 33.3 Å². The maximum Gasteiger partial charge on any atom is 0.271 e. The van der Waals surface area contributed by atoms with Gasteiger partial charge in [-0.15, -0.1) is 11.6 Å². The molecule has 0 aliphatic rings. The normalized spacial score (nSPS) is 12.2. The number of carbonyl (C=O) groups is 1. The van der Waals surface area contributed by atoms with Gasteiger partial charge in [-0.3, -0.25) is 14.9 Å². The van der Waals surface area contributed by atoms with E-state index in [2.05, 4.69) is 16.0 Å². The lowest BCUT2D eigenvalue weighted by Gasteiger charge is -2.27. The lowest BCUT2D eigenvalue weighted by atomic mass is 10.3. The Morgan fingerprint density at radius 2 is 1.96 bits per heavy atom. The number of alkyl halides is 4. The zero-order chi connectivity index (χ0) is 18.5. The largest absolute Gasteiger partial charge is 0.339 e. The molecule has 0 spiro atoms. The molecule has 0 aliphatic heterocycles. The molecule has 132 valence electrons. The van der Waals surface area contributed by atoms with Crippen LogP contribution in [0.25, 0.3) is 0 Å². The Hall–Kier alpha value is -0.770. The summed E-state index contributed by atoms with van der Waals surface area (Å²) in [4.78, 5) is 21.4. The van der Waals surface area contributed by atoms with Crippen molar-refractivity contribution in [1.29, 1.82) is 0 Å². The van der Waals surface area contributed by atoms with Crippen LogP contribution in [0.4, 0.5) is 11.4 Å². The summed E-state index contributed by atoms with van der Waals surface area (Å²) >= 11 is 33.6. The number of hydrogen-bond donors (Lipinski definition) is 3. The highest BCUT2D eigenvalue weighted by atomic mass is 35.6. The van der Waals surface area contributed by atoms with E-state index >= 15 is 0 Å². The topological polar surface area (TPSA) is 96.3 Å². The van der Waals surface area contributed by atoms with Crippen LogP contribution >= 0.6 is 70.2 Å². The number of nitrogens with one attached hydrogen (secondary N) is 3. The van der Waals surface area contributed by atoms with Crippen LogP contribution < -0.4 is 16.0 Å². The van der Waals surface area contributed by atoms with Crippen LogP contribution in [0.1, 0.15) is 0 Å². The second kappa shape index (κ2) is 9.07. The van der Waals surface area contributed by atoms with Gasteiger partial charge in [-0.25, -0.2) is 0 Å². The van der Waals surface area contributed by atoms with E-state index < -0.39 is 20.8 Å². The van der Waals surface area contributed by atoms with Gasteiger partial charge in [0.2, 0.25) is 9.70 Å². The Kier molecular flexibility index (Phi) is 8.04. The summed E-state index contributed by atoms with van der Waals surface area (Å²) < 4.78 is -1.92. The van der Waals surface area contributed by atoms with Crippen LogP contribution in [0.15, 0.2) is 18.2 Å². The number of hydrogen-bond acceptors (Lipinski definition) is 4. The van der Waals surface area contributed by atoms with Crippen molar-refractivity contribution in [2.75, 3.05) is 11.2 Å². The second-order valence-electron chi connectivity index (χ2n) is 4.20. The van der Waals surface area contributed by atoms with Gasteiger partial charge in [0.05, 0.1) is 15.6 Å². The number of benzene rings is 1. The van der Waals surface area contributed by atoms with E-state index in [9.17, 15) is 14.9 Å². The molecule has 0 fully saturated rings. The smallest absolute Gasteiger partial charge is 0.271 e. The van der Waals surface area contributed by atoms with Crippen molar-refractivity contribution >= 4 is 92.6 Å². The lowest BCUT2D eigenvalue weighted by Crippen LogP contribution is -2.56. The van der Waals surface area contributed by atoms with E-state index in [4.69, 9.17) is 70.2 Å². The number of nitro benzene ring substituents is 1. The van der Waals surface area contributed by atoms with E-state index in [1.807, 2.05) is 0 Å². The molecule has 0 aliphatic carbocycles. The van der Waals surface area contributed by atoms with Gasteiger partial charge in [-0.1, -0.05) is 46.4 Å². The Balaban J connectivity index is 2.82. The van der Waals surface area contributed by atoms with Gasteiger partial charge < -0.3 is 16.0 Å². The van der Waals surface area contributed by atoms with E-state index in [0.29, 0.717) is 0 Å². The predicted octanol–water partition coefficient (Wildman–Crippen LogP) is 3.59. The third kappa shape index (κ3) is 6.62. The highest BCUT2D eigenvalue weighted by Crippen LogP contribution is 2.30. The van der Waals surface area contributed by atoms with Crippen molar-refractivity contribution in [2.45, 2.75) is 9.96 Å². The first-order valence-electron chi connectivity index (χ1n) is 5.98. The van der Waals surface area contributed by atoms with Crippen molar-refractivity contribution in [3.8, 4) is 0 Å². The first-order chi connectivity index (χ1) is 11.0. The fourth-order valence-electron chi connectivity index (χ4n) is 1.41. The summed E-state index contributed by atoms with van der Waals surface area (Å²) in [5.74, 6) is -0.926. The Bertz CT molecular complexity index is 655. The molecule has 13 heteroatoms. The standard InChI is InChI=1S/C11H9Cl5N4O3S/c12-4-8(21)18-9(11(14,15)16)19-10(24)17-7-2-1-5(20(22)23)3-6(7)13/h1-3,9H,4H2,(H,18,21)(H2,17,19,24)/t9-/m0/s1.